The standard InChI is InChI=1S/C22H19F3N4O2/c23-13-7-12(8-14(24)9-13)19-5-6-20-27-29(22(31)28(19)20)16-10-15(11-16)26-21(30)17-3-1-2-4-18(17)25/h1-4,7-9,15-16,19H,5-6,10-11H2,(H,26,30)/t15?,16?,19-/m0/s1. The van der Waals surface area contributed by atoms with Gasteiger partial charge in [0.2, 0.25) is 0 Å². The highest BCUT2D eigenvalue weighted by molar-refractivity contribution is 5.94. The van der Waals surface area contributed by atoms with Crippen LogP contribution in [0.1, 0.15) is 53.1 Å². The number of amides is 1. The molecule has 1 amide bonds. The summed E-state index contributed by atoms with van der Waals surface area (Å²) in [6.07, 6.45) is 2.07. The van der Waals surface area contributed by atoms with Crippen LogP contribution >= 0.6 is 0 Å². The molecule has 160 valence electrons. The number of aromatic nitrogens is 3. The van der Waals surface area contributed by atoms with Gasteiger partial charge >= 0.3 is 5.69 Å². The number of carbonyl (C=O) groups excluding carboxylic acids is 1. The summed E-state index contributed by atoms with van der Waals surface area (Å²) in [4.78, 5) is 25.2. The summed E-state index contributed by atoms with van der Waals surface area (Å²) in [6.45, 7) is 0. The van der Waals surface area contributed by atoms with E-state index in [0.717, 1.165) is 6.07 Å². The lowest BCUT2D eigenvalue weighted by molar-refractivity contribution is 0.0882. The predicted molar refractivity (Wildman–Crippen MR) is 105 cm³/mol. The molecule has 1 aliphatic carbocycles. The first kappa shape index (κ1) is 19.6. The monoisotopic (exact) mass is 428 g/mol. The molecule has 2 aliphatic rings. The number of benzene rings is 2. The third kappa shape index (κ3) is 3.43. The second-order valence-electron chi connectivity index (χ2n) is 8.05. The Hall–Kier alpha value is -3.36. The van der Waals surface area contributed by atoms with E-state index in [9.17, 15) is 22.8 Å². The minimum Gasteiger partial charge on any atom is -0.349 e. The lowest BCUT2D eigenvalue weighted by atomic mass is 9.86. The van der Waals surface area contributed by atoms with E-state index in [0.29, 0.717) is 37.1 Å². The van der Waals surface area contributed by atoms with Crippen LogP contribution in [0.3, 0.4) is 0 Å². The highest BCUT2D eigenvalue weighted by Gasteiger charge is 2.37. The lowest BCUT2D eigenvalue weighted by Crippen LogP contribution is -2.47. The number of aryl methyl sites for hydroxylation is 1. The third-order valence-corrected chi connectivity index (χ3v) is 6.04. The van der Waals surface area contributed by atoms with Crippen molar-refractivity contribution in [1.82, 2.24) is 19.7 Å². The maximum atomic E-state index is 13.8. The van der Waals surface area contributed by atoms with Crippen molar-refractivity contribution in [2.24, 2.45) is 0 Å². The van der Waals surface area contributed by atoms with Gasteiger partial charge in [-0.3, -0.25) is 9.36 Å². The minimum atomic E-state index is -0.684. The van der Waals surface area contributed by atoms with E-state index in [-0.39, 0.29) is 23.3 Å². The Kier molecular flexibility index (Phi) is 4.68. The lowest BCUT2D eigenvalue weighted by Gasteiger charge is -2.35. The van der Waals surface area contributed by atoms with Crippen molar-refractivity contribution in [2.45, 2.75) is 43.8 Å². The van der Waals surface area contributed by atoms with Crippen molar-refractivity contribution in [3.05, 3.63) is 87.4 Å². The minimum absolute atomic E-state index is 0.0192. The van der Waals surface area contributed by atoms with Gasteiger partial charge in [-0.2, -0.15) is 5.10 Å². The number of halogens is 3. The molecule has 1 aromatic heterocycles. The first-order valence-electron chi connectivity index (χ1n) is 10.1. The van der Waals surface area contributed by atoms with E-state index in [1.54, 1.807) is 6.07 Å². The van der Waals surface area contributed by atoms with E-state index < -0.39 is 29.4 Å². The summed E-state index contributed by atoms with van der Waals surface area (Å²) in [5.41, 5.74) is 0.0573. The molecule has 0 bridgehead atoms. The molecule has 1 fully saturated rings. The molecule has 9 heteroatoms. The van der Waals surface area contributed by atoms with Crippen LogP contribution in [0.2, 0.25) is 0 Å². The maximum Gasteiger partial charge on any atom is 0.346 e. The molecule has 0 radical (unpaired) electrons. The molecule has 6 nitrogen and oxygen atoms in total. The highest BCUT2D eigenvalue weighted by Crippen LogP contribution is 2.34. The fraction of sp³-hybridized carbons (Fsp3) is 0.318. The molecule has 1 N–H and O–H groups in total. The van der Waals surface area contributed by atoms with Gasteiger partial charge in [-0.1, -0.05) is 12.1 Å². The molecule has 2 heterocycles. The van der Waals surface area contributed by atoms with Crippen LogP contribution in [-0.4, -0.2) is 26.3 Å². The van der Waals surface area contributed by atoms with Gasteiger partial charge in [-0.15, -0.1) is 0 Å². The van der Waals surface area contributed by atoms with Crippen LogP contribution in [0, 0.1) is 17.5 Å². The van der Waals surface area contributed by atoms with Gasteiger partial charge in [-0.05, 0) is 49.1 Å². The number of nitrogens with zero attached hydrogens (tertiary/aromatic N) is 3. The molecule has 0 spiro atoms. The second kappa shape index (κ2) is 7.40. The first-order chi connectivity index (χ1) is 14.9. The average Bonchev–Trinajstić information content (AvgIpc) is 3.24. The van der Waals surface area contributed by atoms with Crippen molar-refractivity contribution in [1.29, 1.82) is 0 Å². The second-order valence-corrected chi connectivity index (χ2v) is 8.05. The number of hydrogen-bond donors (Lipinski definition) is 1. The summed E-state index contributed by atoms with van der Waals surface area (Å²) in [6, 6.07) is 8.19. The average molecular weight is 428 g/mol. The van der Waals surface area contributed by atoms with Gasteiger partial charge in [0.25, 0.3) is 5.91 Å². The Morgan fingerprint density at radius 2 is 1.77 bits per heavy atom. The molecule has 5 rings (SSSR count). The smallest absolute Gasteiger partial charge is 0.346 e. The first-order valence-corrected chi connectivity index (χ1v) is 10.1. The van der Waals surface area contributed by atoms with Crippen molar-refractivity contribution < 1.29 is 18.0 Å². The number of carbonyl (C=O) groups is 1. The molecule has 31 heavy (non-hydrogen) atoms. The van der Waals surface area contributed by atoms with E-state index in [1.165, 1.54) is 39.6 Å². The van der Waals surface area contributed by atoms with Gasteiger partial charge in [0.15, 0.2) is 0 Å². The highest BCUT2D eigenvalue weighted by atomic mass is 19.1. The molecule has 1 aliphatic heterocycles. The Balaban J connectivity index is 1.30. The van der Waals surface area contributed by atoms with Crippen LogP contribution in [0.5, 0.6) is 0 Å². The van der Waals surface area contributed by atoms with Crippen LogP contribution in [-0.2, 0) is 6.42 Å². The van der Waals surface area contributed by atoms with Crippen molar-refractivity contribution in [3.63, 3.8) is 0 Å². The normalized spacial score (nSPS) is 22.1. The molecular weight excluding hydrogens is 409 g/mol. The molecule has 1 saturated carbocycles. The SMILES string of the molecule is O=C(NC1CC(n2nc3n(c2=O)[C@H](c2cc(F)cc(F)c2)CC3)C1)c1ccccc1F. The summed E-state index contributed by atoms with van der Waals surface area (Å²) in [5, 5.41) is 7.20. The zero-order valence-corrected chi connectivity index (χ0v) is 16.4. The van der Waals surface area contributed by atoms with Crippen molar-refractivity contribution in [2.75, 3.05) is 0 Å². The maximum absolute atomic E-state index is 13.8. The van der Waals surface area contributed by atoms with E-state index in [4.69, 9.17) is 0 Å². The predicted octanol–water partition coefficient (Wildman–Crippen LogP) is 3.13. The van der Waals surface area contributed by atoms with Crippen LogP contribution in [0.4, 0.5) is 13.2 Å². The fourth-order valence-corrected chi connectivity index (χ4v) is 4.45. The number of fused-ring (bicyclic) bond motifs is 1. The Morgan fingerprint density at radius 1 is 1.06 bits per heavy atom. The largest absolute Gasteiger partial charge is 0.349 e. The zero-order chi connectivity index (χ0) is 21.7. The van der Waals surface area contributed by atoms with E-state index >= 15 is 0 Å². The Labute approximate surface area is 175 Å². The molecule has 2 aromatic carbocycles. The third-order valence-electron chi connectivity index (χ3n) is 6.04. The van der Waals surface area contributed by atoms with Gasteiger partial charge in [0, 0.05) is 18.5 Å². The summed E-state index contributed by atoms with van der Waals surface area (Å²) in [7, 11) is 0. The summed E-state index contributed by atoms with van der Waals surface area (Å²) >= 11 is 0. The number of rotatable bonds is 4. The van der Waals surface area contributed by atoms with Crippen molar-refractivity contribution >= 4 is 5.91 Å². The summed E-state index contributed by atoms with van der Waals surface area (Å²) < 4.78 is 43.9. The molecule has 0 unspecified atom stereocenters. The topological polar surface area (TPSA) is 68.9 Å². The van der Waals surface area contributed by atoms with E-state index in [2.05, 4.69) is 10.4 Å². The number of hydrogen-bond acceptors (Lipinski definition) is 3. The zero-order valence-electron chi connectivity index (χ0n) is 16.4. The van der Waals surface area contributed by atoms with Crippen LogP contribution in [0.25, 0.3) is 0 Å². The number of nitrogens with one attached hydrogen (secondary N) is 1. The summed E-state index contributed by atoms with van der Waals surface area (Å²) in [5.74, 6) is -1.86. The van der Waals surface area contributed by atoms with Gasteiger partial charge in [0.1, 0.15) is 23.3 Å². The fourth-order valence-electron chi connectivity index (χ4n) is 4.45. The van der Waals surface area contributed by atoms with Gasteiger partial charge < -0.3 is 5.32 Å². The molecule has 3 aromatic rings. The van der Waals surface area contributed by atoms with Crippen LogP contribution in [0.15, 0.2) is 47.3 Å². The van der Waals surface area contributed by atoms with E-state index in [1.807, 2.05) is 0 Å². The van der Waals surface area contributed by atoms with Crippen LogP contribution < -0.4 is 11.0 Å². The molecule has 1 atom stereocenters. The van der Waals surface area contributed by atoms with Gasteiger partial charge in [-0.25, -0.2) is 22.6 Å². The van der Waals surface area contributed by atoms with Gasteiger partial charge in [0.05, 0.1) is 17.6 Å². The molecular formula is C22H19F3N4O2. The Morgan fingerprint density at radius 3 is 2.48 bits per heavy atom. The Bertz CT molecular complexity index is 1210. The quantitative estimate of drug-likeness (QED) is 0.694. The van der Waals surface area contributed by atoms with Crippen molar-refractivity contribution in [3.8, 4) is 0 Å². The molecule has 0 saturated heterocycles.